The van der Waals surface area contributed by atoms with Gasteiger partial charge in [0.1, 0.15) is 12.2 Å². The summed E-state index contributed by atoms with van der Waals surface area (Å²) in [6.07, 6.45) is 0.794. The van der Waals surface area contributed by atoms with Gasteiger partial charge in [0.05, 0.1) is 29.3 Å². The molecule has 1 fully saturated rings. The molecule has 160 valence electrons. The summed E-state index contributed by atoms with van der Waals surface area (Å²) in [6, 6.07) is 2.60. The minimum absolute atomic E-state index is 0. The molecule has 0 saturated carbocycles. The number of nitro benzene ring substituents is 1. The molecule has 12 heteroatoms. The maximum absolute atomic E-state index is 12.8. The zero-order valence-corrected chi connectivity index (χ0v) is 18.1. The third kappa shape index (κ3) is 5.69. The summed E-state index contributed by atoms with van der Waals surface area (Å²) in [5, 5.41) is 13.4. The lowest BCUT2D eigenvalue weighted by Crippen LogP contribution is -2.30. The average molecular weight is 465 g/mol. The number of carbonyl (C=O) groups is 1. The Morgan fingerprint density at radius 1 is 1.41 bits per heavy atom. The van der Waals surface area contributed by atoms with Crippen molar-refractivity contribution < 1.29 is 19.2 Å². The van der Waals surface area contributed by atoms with Gasteiger partial charge in [0, 0.05) is 24.5 Å². The van der Waals surface area contributed by atoms with Gasteiger partial charge in [-0.25, -0.2) is 4.98 Å². The van der Waals surface area contributed by atoms with Crippen LogP contribution in [0, 0.1) is 16.0 Å². The highest BCUT2D eigenvalue weighted by Crippen LogP contribution is 2.36. The molecule has 1 aliphatic heterocycles. The van der Waals surface area contributed by atoms with E-state index >= 15 is 0 Å². The van der Waals surface area contributed by atoms with Crippen LogP contribution < -0.4 is 15.2 Å². The third-order valence-electron chi connectivity index (χ3n) is 4.47. The predicted octanol–water partition coefficient (Wildman–Crippen LogP) is 2.90. The summed E-state index contributed by atoms with van der Waals surface area (Å²) in [7, 11) is 1.42. The fraction of sp³-hybridized carbons (Fsp3) is 0.412. The lowest BCUT2D eigenvalue weighted by atomic mass is 10.1. The highest BCUT2D eigenvalue weighted by Gasteiger charge is 2.32. The number of ether oxygens (including phenoxy) is 2. The lowest BCUT2D eigenvalue weighted by molar-refractivity contribution is -0.385. The smallest absolute Gasteiger partial charge is 0.286 e. The standard InChI is InChI=1S/C17H20N4O5S.2ClH/c1-25-15-4-13(17(22)20-3-2-11(6-18)7-20)14(21(23)24)5-16(15)26-8-12-9-27-10-19-12;;/h4-5,9-11H,2-3,6-8,18H2,1H3;2*1H. The van der Waals surface area contributed by atoms with E-state index in [1.54, 1.807) is 10.4 Å². The van der Waals surface area contributed by atoms with Crippen LogP contribution >= 0.6 is 36.2 Å². The molecule has 1 aromatic carbocycles. The van der Waals surface area contributed by atoms with Gasteiger partial charge in [-0.3, -0.25) is 14.9 Å². The number of aromatic nitrogens is 1. The van der Waals surface area contributed by atoms with Gasteiger partial charge in [0.2, 0.25) is 0 Å². The van der Waals surface area contributed by atoms with Crippen LogP contribution in [0.2, 0.25) is 0 Å². The van der Waals surface area contributed by atoms with E-state index in [2.05, 4.69) is 4.98 Å². The maximum atomic E-state index is 12.8. The average Bonchev–Trinajstić information content (AvgIpc) is 3.36. The monoisotopic (exact) mass is 464 g/mol. The van der Waals surface area contributed by atoms with Gasteiger partial charge < -0.3 is 20.1 Å². The van der Waals surface area contributed by atoms with Crippen molar-refractivity contribution in [1.29, 1.82) is 0 Å². The number of hydrogen-bond acceptors (Lipinski definition) is 8. The second kappa shape index (κ2) is 11.1. The molecule has 3 rings (SSSR count). The number of benzene rings is 1. The molecule has 9 nitrogen and oxygen atoms in total. The Bertz CT molecular complexity index is 837. The SMILES string of the molecule is COc1cc(C(=O)N2CCC(CN)C2)c([N+](=O)[O-])cc1OCc1cscn1.Cl.Cl. The van der Waals surface area contributed by atoms with Crippen LogP contribution in [0.1, 0.15) is 22.5 Å². The number of thiazole rings is 1. The van der Waals surface area contributed by atoms with E-state index in [-0.39, 0.29) is 60.1 Å². The number of hydrogen-bond donors (Lipinski definition) is 1. The van der Waals surface area contributed by atoms with Crippen LogP contribution in [-0.2, 0) is 6.61 Å². The quantitative estimate of drug-likeness (QED) is 0.493. The van der Waals surface area contributed by atoms with Gasteiger partial charge in [0.25, 0.3) is 11.6 Å². The first-order chi connectivity index (χ1) is 13.0. The van der Waals surface area contributed by atoms with Gasteiger partial charge >= 0.3 is 0 Å². The molecule has 2 heterocycles. The van der Waals surface area contributed by atoms with Crippen LogP contribution in [0.3, 0.4) is 0 Å². The normalized spacial score (nSPS) is 15.2. The number of methoxy groups -OCH3 is 1. The van der Waals surface area contributed by atoms with Crippen molar-refractivity contribution >= 4 is 47.7 Å². The molecule has 1 amide bonds. The predicted molar refractivity (Wildman–Crippen MR) is 114 cm³/mol. The van der Waals surface area contributed by atoms with E-state index in [0.29, 0.717) is 25.3 Å². The topological polar surface area (TPSA) is 121 Å². The number of amides is 1. The Morgan fingerprint density at radius 2 is 2.17 bits per heavy atom. The number of halogens is 2. The van der Waals surface area contributed by atoms with Crippen molar-refractivity contribution in [2.75, 3.05) is 26.7 Å². The van der Waals surface area contributed by atoms with E-state index in [9.17, 15) is 14.9 Å². The van der Waals surface area contributed by atoms with Gasteiger partial charge in [-0.05, 0) is 18.9 Å². The molecule has 0 radical (unpaired) electrons. The Labute approximate surface area is 184 Å². The van der Waals surface area contributed by atoms with Gasteiger partial charge in [-0.15, -0.1) is 36.2 Å². The van der Waals surface area contributed by atoms with Crippen molar-refractivity contribution in [2.45, 2.75) is 13.0 Å². The van der Waals surface area contributed by atoms with Crippen molar-refractivity contribution in [3.8, 4) is 11.5 Å². The van der Waals surface area contributed by atoms with Gasteiger partial charge in [0.15, 0.2) is 11.5 Å². The fourth-order valence-corrected chi connectivity index (χ4v) is 3.53. The fourth-order valence-electron chi connectivity index (χ4n) is 2.98. The highest BCUT2D eigenvalue weighted by atomic mass is 35.5. The molecule has 1 aromatic heterocycles. The molecule has 2 aromatic rings. The summed E-state index contributed by atoms with van der Waals surface area (Å²) in [5.74, 6) is 0.265. The van der Waals surface area contributed by atoms with E-state index in [1.165, 1.54) is 30.6 Å². The first kappa shape index (κ1) is 24.9. The molecule has 1 aliphatic rings. The number of nitro groups is 1. The molecular formula is C17H22Cl2N4O5S. The Balaban J connectivity index is 0.00000210. The highest BCUT2D eigenvalue weighted by molar-refractivity contribution is 7.07. The zero-order chi connectivity index (χ0) is 19.4. The second-order valence-electron chi connectivity index (χ2n) is 6.19. The number of rotatable bonds is 7. The van der Waals surface area contributed by atoms with Crippen LogP contribution in [0.5, 0.6) is 11.5 Å². The van der Waals surface area contributed by atoms with E-state index in [1.807, 2.05) is 5.38 Å². The third-order valence-corrected chi connectivity index (χ3v) is 5.11. The van der Waals surface area contributed by atoms with Crippen molar-refractivity contribution in [3.63, 3.8) is 0 Å². The molecule has 0 spiro atoms. The van der Waals surface area contributed by atoms with Crippen LogP contribution in [0.4, 0.5) is 5.69 Å². The Morgan fingerprint density at radius 3 is 2.72 bits per heavy atom. The van der Waals surface area contributed by atoms with Gasteiger partial charge in [-0.2, -0.15) is 0 Å². The largest absolute Gasteiger partial charge is 0.493 e. The first-order valence-corrected chi connectivity index (χ1v) is 9.33. The number of likely N-dealkylation sites (tertiary alicyclic amines) is 1. The summed E-state index contributed by atoms with van der Waals surface area (Å²) >= 11 is 1.43. The zero-order valence-electron chi connectivity index (χ0n) is 15.6. The van der Waals surface area contributed by atoms with Crippen LogP contribution in [0.25, 0.3) is 0 Å². The first-order valence-electron chi connectivity index (χ1n) is 8.39. The van der Waals surface area contributed by atoms with Crippen molar-refractivity contribution in [3.05, 3.63) is 44.4 Å². The number of nitrogens with zero attached hydrogens (tertiary/aromatic N) is 3. The number of nitrogens with two attached hydrogens (primary N) is 1. The summed E-state index contributed by atoms with van der Waals surface area (Å²) in [4.78, 5) is 29.5. The van der Waals surface area contributed by atoms with E-state index in [0.717, 1.165) is 6.42 Å². The van der Waals surface area contributed by atoms with E-state index in [4.69, 9.17) is 15.2 Å². The molecule has 2 N–H and O–H groups in total. The summed E-state index contributed by atoms with van der Waals surface area (Å²) in [6.45, 7) is 1.66. The molecule has 0 aliphatic carbocycles. The maximum Gasteiger partial charge on any atom is 0.286 e. The van der Waals surface area contributed by atoms with Crippen molar-refractivity contribution in [1.82, 2.24) is 9.88 Å². The Hall–Kier alpha value is -2.14. The minimum atomic E-state index is -0.584. The van der Waals surface area contributed by atoms with Crippen LogP contribution in [0.15, 0.2) is 23.0 Å². The van der Waals surface area contributed by atoms with Crippen LogP contribution in [-0.4, -0.2) is 47.5 Å². The Kier molecular flexibility index (Phi) is 9.57. The second-order valence-corrected chi connectivity index (χ2v) is 6.91. The van der Waals surface area contributed by atoms with E-state index < -0.39 is 10.8 Å². The molecule has 29 heavy (non-hydrogen) atoms. The summed E-state index contributed by atoms with van der Waals surface area (Å²) < 4.78 is 10.9. The molecule has 0 bridgehead atoms. The molecule has 1 saturated heterocycles. The lowest BCUT2D eigenvalue weighted by Gasteiger charge is -2.18. The molecule has 1 atom stereocenters. The van der Waals surface area contributed by atoms with Gasteiger partial charge in [-0.1, -0.05) is 0 Å². The molecular weight excluding hydrogens is 443 g/mol. The van der Waals surface area contributed by atoms with Crippen molar-refractivity contribution in [2.24, 2.45) is 11.7 Å². The number of carbonyl (C=O) groups excluding carboxylic acids is 1. The minimum Gasteiger partial charge on any atom is -0.493 e. The summed E-state index contributed by atoms with van der Waals surface area (Å²) in [5.41, 5.74) is 7.71. The molecule has 1 unspecified atom stereocenters.